The molecule has 1 aliphatic carbocycles. The first-order valence-electron chi connectivity index (χ1n) is 8.66. The van der Waals surface area contributed by atoms with E-state index in [1.165, 1.54) is 29.6 Å². The number of benzene rings is 1. The van der Waals surface area contributed by atoms with Crippen LogP contribution in [0.2, 0.25) is 0 Å². The van der Waals surface area contributed by atoms with Crippen LogP contribution in [0.4, 0.5) is 0 Å². The van der Waals surface area contributed by atoms with E-state index in [9.17, 15) is 0 Å². The zero-order valence-corrected chi connectivity index (χ0v) is 14.3. The van der Waals surface area contributed by atoms with Crippen molar-refractivity contribution in [3.05, 3.63) is 77.9 Å². The van der Waals surface area contributed by atoms with Gasteiger partial charge in [0.25, 0.3) is 0 Å². The molecule has 0 amide bonds. The molecule has 0 radical (unpaired) electrons. The van der Waals surface area contributed by atoms with Crippen LogP contribution < -0.4 is 0 Å². The van der Waals surface area contributed by atoms with E-state index in [-0.39, 0.29) is 6.04 Å². The van der Waals surface area contributed by atoms with Gasteiger partial charge in [-0.1, -0.05) is 74.6 Å². The fourth-order valence-electron chi connectivity index (χ4n) is 2.62. The Morgan fingerprint density at radius 1 is 1.09 bits per heavy atom. The largest absolute Gasteiger partial charge is 0.281 e. The van der Waals surface area contributed by atoms with Gasteiger partial charge in [0.1, 0.15) is 0 Å². The second-order valence-corrected chi connectivity index (χ2v) is 5.71. The minimum atomic E-state index is 0.259. The first-order chi connectivity index (χ1) is 11.3. The molecule has 0 N–H and O–H groups in total. The van der Waals surface area contributed by atoms with E-state index >= 15 is 0 Å². The summed E-state index contributed by atoms with van der Waals surface area (Å²) in [6, 6.07) is 10.7. The molecule has 2 aliphatic rings. The third-order valence-electron chi connectivity index (χ3n) is 3.88. The molecule has 0 saturated carbocycles. The molecule has 1 nitrogen and oxygen atoms in total. The molecule has 0 saturated heterocycles. The second-order valence-electron chi connectivity index (χ2n) is 5.71. The molecular weight excluding hydrogens is 278 g/mol. The standard InChI is InChI=1S/C16H15N.C6H12/c1-3-7-13(8-4-1)15-11-16(17-12-15)14-9-5-2-6-10-14;1-3-5-6-4-2/h1-5,7-9,11-12,16H,6,10H2;5-6H,3-4H2,1-2H3. The van der Waals surface area contributed by atoms with Gasteiger partial charge in [0.15, 0.2) is 0 Å². The van der Waals surface area contributed by atoms with E-state index in [1.807, 2.05) is 12.3 Å². The van der Waals surface area contributed by atoms with E-state index in [2.05, 4.69) is 79.6 Å². The van der Waals surface area contributed by atoms with Gasteiger partial charge in [0.2, 0.25) is 0 Å². The summed E-state index contributed by atoms with van der Waals surface area (Å²) in [4.78, 5) is 4.60. The number of nitrogens with zero attached hydrogens (tertiary/aromatic N) is 1. The molecule has 1 atom stereocenters. The molecule has 1 aliphatic heterocycles. The van der Waals surface area contributed by atoms with Gasteiger partial charge in [-0.3, -0.25) is 4.99 Å². The molecule has 1 heterocycles. The smallest absolute Gasteiger partial charge is 0.0903 e. The summed E-state index contributed by atoms with van der Waals surface area (Å²) >= 11 is 0. The molecule has 23 heavy (non-hydrogen) atoms. The zero-order valence-electron chi connectivity index (χ0n) is 14.3. The Kier molecular flexibility index (Phi) is 7.32. The molecule has 1 aromatic carbocycles. The Labute approximate surface area is 140 Å². The summed E-state index contributed by atoms with van der Waals surface area (Å²) in [5, 5.41) is 0. The molecule has 0 spiro atoms. The predicted molar refractivity (Wildman–Crippen MR) is 103 cm³/mol. The Morgan fingerprint density at radius 3 is 2.43 bits per heavy atom. The Morgan fingerprint density at radius 2 is 1.83 bits per heavy atom. The first kappa shape index (κ1) is 17.2. The molecule has 3 rings (SSSR count). The zero-order chi connectivity index (χ0) is 16.3. The first-order valence-corrected chi connectivity index (χ1v) is 8.66. The lowest BCUT2D eigenvalue weighted by molar-refractivity contribution is 0.845. The van der Waals surface area contributed by atoms with Crippen LogP contribution in [-0.4, -0.2) is 12.3 Å². The SMILES string of the molecule is C1=CCCC(C2C=C(c3ccccc3)C=N2)=C1.CCC=CCC. The molecular formula is C22H27N. The topological polar surface area (TPSA) is 12.4 Å². The van der Waals surface area contributed by atoms with Gasteiger partial charge in [-0.25, -0.2) is 0 Å². The number of hydrogen-bond acceptors (Lipinski definition) is 1. The van der Waals surface area contributed by atoms with E-state index < -0.39 is 0 Å². The van der Waals surface area contributed by atoms with Crippen LogP contribution in [-0.2, 0) is 0 Å². The normalized spacial score (nSPS) is 19.3. The van der Waals surface area contributed by atoms with E-state index in [4.69, 9.17) is 0 Å². The summed E-state index contributed by atoms with van der Waals surface area (Å²) in [6.07, 6.45) is 19.8. The molecule has 0 aromatic heterocycles. The lowest BCUT2D eigenvalue weighted by Gasteiger charge is -2.11. The average molecular weight is 305 g/mol. The van der Waals surface area contributed by atoms with Gasteiger partial charge < -0.3 is 0 Å². The fraction of sp³-hybridized carbons (Fsp3) is 0.318. The van der Waals surface area contributed by atoms with Crippen molar-refractivity contribution in [2.45, 2.75) is 45.6 Å². The second kappa shape index (κ2) is 9.78. The number of rotatable bonds is 4. The Bertz CT molecular complexity index is 609. The summed E-state index contributed by atoms with van der Waals surface area (Å²) in [5.74, 6) is 0. The van der Waals surface area contributed by atoms with Crippen molar-refractivity contribution in [3.63, 3.8) is 0 Å². The van der Waals surface area contributed by atoms with Gasteiger partial charge in [-0.05, 0) is 48.5 Å². The highest BCUT2D eigenvalue weighted by molar-refractivity contribution is 6.12. The van der Waals surface area contributed by atoms with E-state index in [1.54, 1.807) is 0 Å². The van der Waals surface area contributed by atoms with E-state index in [0.29, 0.717) is 0 Å². The lowest BCUT2D eigenvalue weighted by atomic mass is 9.97. The van der Waals surface area contributed by atoms with Crippen molar-refractivity contribution in [2.24, 2.45) is 4.99 Å². The molecule has 120 valence electrons. The molecule has 1 heteroatoms. The molecule has 0 bridgehead atoms. The van der Waals surface area contributed by atoms with Crippen molar-refractivity contribution in [1.29, 1.82) is 0 Å². The predicted octanol–water partition coefficient (Wildman–Crippen LogP) is 6.16. The summed E-state index contributed by atoms with van der Waals surface area (Å²) in [6.45, 7) is 4.29. The van der Waals surface area contributed by atoms with Crippen molar-refractivity contribution < 1.29 is 0 Å². The van der Waals surface area contributed by atoms with Crippen molar-refractivity contribution in [3.8, 4) is 0 Å². The molecule has 0 fully saturated rings. The third kappa shape index (κ3) is 5.52. The highest BCUT2D eigenvalue weighted by Gasteiger charge is 2.16. The van der Waals surface area contributed by atoms with Crippen LogP contribution in [0.25, 0.3) is 5.57 Å². The minimum Gasteiger partial charge on any atom is -0.281 e. The molecule has 1 aromatic rings. The van der Waals surface area contributed by atoms with Crippen LogP contribution >= 0.6 is 0 Å². The average Bonchev–Trinajstić information content (AvgIpc) is 3.12. The van der Waals surface area contributed by atoms with Gasteiger partial charge in [-0.2, -0.15) is 0 Å². The van der Waals surface area contributed by atoms with Gasteiger partial charge in [0.05, 0.1) is 6.04 Å². The number of allylic oxidation sites excluding steroid dienone is 6. The van der Waals surface area contributed by atoms with Crippen LogP contribution in [0.1, 0.15) is 45.1 Å². The monoisotopic (exact) mass is 305 g/mol. The van der Waals surface area contributed by atoms with Crippen LogP contribution in [0.3, 0.4) is 0 Å². The maximum Gasteiger partial charge on any atom is 0.0903 e. The van der Waals surface area contributed by atoms with Crippen molar-refractivity contribution >= 4 is 11.8 Å². The van der Waals surface area contributed by atoms with Gasteiger partial charge in [-0.15, -0.1) is 0 Å². The van der Waals surface area contributed by atoms with Gasteiger partial charge >= 0.3 is 0 Å². The highest BCUT2D eigenvalue weighted by Crippen LogP contribution is 2.26. The summed E-state index contributed by atoms with van der Waals surface area (Å²) in [7, 11) is 0. The van der Waals surface area contributed by atoms with Crippen molar-refractivity contribution in [2.75, 3.05) is 0 Å². The highest BCUT2D eigenvalue weighted by atomic mass is 14.8. The lowest BCUT2D eigenvalue weighted by Crippen LogP contribution is -2.03. The maximum atomic E-state index is 4.60. The van der Waals surface area contributed by atoms with Crippen molar-refractivity contribution in [1.82, 2.24) is 0 Å². The minimum absolute atomic E-state index is 0.259. The fourth-order valence-corrected chi connectivity index (χ4v) is 2.62. The third-order valence-corrected chi connectivity index (χ3v) is 3.88. The number of hydrogen-bond donors (Lipinski definition) is 0. The maximum absolute atomic E-state index is 4.60. The number of aliphatic imine (C=N–C) groups is 1. The Balaban J connectivity index is 0.000000277. The summed E-state index contributed by atoms with van der Waals surface area (Å²) in [5.41, 5.74) is 3.92. The summed E-state index contributed by atoms with van der Waals surface area (Å²) < 4.78 is 0. The Hall–Kier alpha value is -2.15. The van der Waals surface area contributed by atoms with Crippen LogP contribution in [0.5, 0.6) is 0 Å². The van der Waals surface area contributed by atoms with E-state index in [0.717, 1.165) is 12.8 Å². The van der Waals surface area contributed by atoms with Gasteiger partial charge in [0, 0.05) is 6.21 Å². The van der Waals surface area contributed by atoms with Crippen LogP contribution in [0.15, 0.2) is 77.4 Å². The molecule has 1 unspecified atom stereocenters. The quantitative estimate of drug-likeness (QED) is 0.590. The van der Waals surface area contributed by atoms with Crippen LogP contribution in [0, 0.1) is 0 Å².